The second-order valence-electron chi connectivity index (χ2n) is 2.96. The first-order valence-corrected chi connectivity index (χ1v) is 4.86. The number of rotatable bonds is 1. The van der Waals surface area contributed by atoms with Crippen LogP contribution in [0.5, 0.6) is 0 Å². The van der Waals surface area contributed by atoms with Crippen LogP contribution < -0.4 is 5.46 Å². The molecule has 0 spiro atoms. The molecule has 0 saturated heterocycles. The Kier molecular flexibility index (Phi) is 2.48. The number of halogens is 1. The summed E-state index contributed by atoms with van der Waals surface area (Å²) in [5.41, 5.74) is 1.35. The molecule has 0 amide bonds. The molecule has 5 nitrogen and oxygen atoms in total. The van der Waals surface area contributed by atoms with Crippen LogP contribution in [0.2, 0.25) is 0 Å². The fraction of sp³-hybridized carbons (Fsp3) is 0. The molecule has 2 rings (SSSR count). The number of fused-ring (bicyclic) bond motifs is 1. The van der Waals surface area contributed by atoms with Crippen LogP contribution in [0, 0.1) is 11.3 Å². The normalized spacial score (nSPS) is 10.3. The van der Waals surface area contributed by atoms with Gasteiger partial charge >= 0.3 is 7.12 Å². The average molecular weight is 266 g/mol. The van der Waals surface area contributed by atoms with E-state index in [0.717, 1.165) is 0 Å². The number of nitriles is 1. The summed E-state index contributed by atoms with van der Waals surface area (Å²) >= 11 is 3.25. The maximum atomic E-state index is 9.00. The second kappa shape index (κ2) is 3.66. The van der Waals surface area contributed by atoms with Crippen LogP contribution in [0.3, 0.4) is 0 Å². The molecule has 74 valence electrons. The number of nitrogens with zero attached hydrogens (tertiary/aromatic N) is 3. The van der Waals surface area contributed by atoms with Gasteiger partial charge in [0, 0.05) is 16.1 Å². The van der Waals surface area contributed by atoms with Crippen molar-refractivity contribution in [1.29, 1.82) is 5.26 Å². The minimum absolute atomic E-state index is 0.307. The van der Waals surface area contributed by atoms with E-state index in [0.29, 0.717) is 21.0 Å². The van der Waals surface area contributed by atoms with Crippen LogP contribution in [0.1, 0.15) is 5.56 Å². The molecule has 0 saturated carbocycles. The lowest BCUT2D eigenvalue weighted by Crippen LogP contribution is -2.30. The highest BCUT2D eigenvalue weighted by Gasteiger charge is 2.15. The molecule has 0 radical (unpaired) electrons. The Bertz CT molecular complexity index is 561. The first-order chi connectivity index (χ1) is 7.13. The summed E-state index contributed by atoms with van der Waals surface area (Å²) in [5.74, 6) is 0. The molecule has 0 aliphatic carbocycles. The van der Waals surface area contributed by atoms with Crippen LogP contribution in [0.15, 0.2) is 22.9 Å². The van der Waals surface area contributed by atoms with E-state index < -0.39 is 7.12 Å². The van der Waals surface area contributed by atoms with Crippen LogP contribution in [-0.2, 0) is 0 Å². The molecular weight excluding hydrogens is 261 g/mol. The van der Waals surface area contributed by atoms with E-state index in [2.05, 4.69) is 21.0 Å². The van der Waals surface area contributed by atoms with Crippen molar-refractivity contribution in [3.63, 3.8) is 0 Å². The van der Waals surface area contributed by atoms with Crippen LogP contribution in [0.4, 0.5) is 0 Å². The predicted molar refractivity (Wildman–Crippen MR) is 57.4 cm³/mol. The van der Waals surface area contributed by atoms with E-state index in [-0.39, 0.29) is 0 Å². The van der Waals surface area contributed by atoms with Gasteiger partial charge in [-0.2, -0.15) is 10.4 Å². The van der Waals surface area contributed by atoms with Gasteiger partial charge in [-0.15, -0.1) is 0 Å². The number of hydrogen-bond donors (Lipinski definition) is 2. The van der Waals surface area contributed by atoms with Crippen molar-refractivity contribution in [2.24, 2.45) is 0 Å². The molecule has 15 heavy (non-hydrogen) atoms. The Hall–Kier alpha value is -1.36. The SMILES string of the molecule is N#Cc1cnn2cc(B(O)O)cc(Br)c12. The van der Waals surface area contributed by atoms with E-state index in [1.807, 2.05) is 6.07 Å². The number of aromatic nitrogens is 2. The van der Waals surface area contributed by atoms with Crippen molar-refractivity contribution in [3.8, 4) is 6.07 Å². The first-order valence-electron chi connectivity index (χ1n) is 4.06. The van der Waals surface area contributed by atoms with Crippen LogP contribution in [-0.4, -0.2) is 26.8 Å². The van der Waals surface area contributed by atoms with Crippen molar-refractivity contribution in [2.45, 2.75) is 0 Å². The van der Waals surface area contributed by atoms with Crippen molar-refractivity contribution >= 4 is 34.0 Å². The number of pyridine rings is 1. The molecular formula is C8H5BBrN3O2. The van der Waals surface area contributed by atoms with Gasteiger partial charge in [0.25, 0.3) is 0 Å². The van der Waals surface area contributed by atoms with Crippen molar-refractivity contribution in [1.82, 2.24) is 9.61 Å². The Balaban J connectivity index is 2.76. The third kappa shape index (κ3) is 1.63. The maximum Gasteiger partial charge on any atom is 0.490 e. The van der Waals surface area contributed by atoms with E-state index in [1.54, 1.807) is 6.07 Å². The highest BCUT2D eigenvalue weighted by Crippen LogP contribution is 2.19. The second-order valence-corrected chi connectivity index (χ2v) is 3.81. The third-order valence-electron chi connectivity index (χ3n) is 2.01. The quantitative estimate of drug-likeness (QED) is 0.691. The molecule has 0 aromatic carbocycles. The topological polar surface area (TPSA) is 81.6 Å². The lowest BCUT2D eigenvalue weighted by atomic mass is 9.82. The van der Waals surface area contributed by atoms with Gasteiger partial charge in [-0.25, -0.2) is 4.52 Å². The lowest BCUT2D eigenvalue weighted by Gasteiger charge is -2.02. The molecule has 0 aliphatic heterocycles. The van der Waals surface area contributed by atoms with E-state index in [4.69, 9.17) is 15.3 Å². The minimum atomic E-state index is -1.56. The highest BCUT2D eigenvalue weighted by atomic mass is 79.9. The Labute approximate surface area is 93.8 Å². The third-order valence-corrected chi connectivity index (χ3v) is 2.61. The van der Waals surface area contributed by atoms with Gasteiger partial charge in [-0.3, -0.25) is 0 Å². The average Bonchev–Trinajstić information content (AvgIpc) is 2.60. The maximum absolute atomic E-state index is 9.00. The number of hydrogen-bond acceptors (Lipinski definition) is 4. The molecule has 0 aliphatic rings. The summed E-state index contributed by atoms with van der Waals surface area (Å²) in [6, 6.07) is 3.55. The van der Waals surface area contributed by atoms with Crippen molar-refractivity contribution in [3.05, 3.63) is 28.5 Å². The molecule has 0 bridgehead atoms. The zero-order valence-electron chi connectivity index (χ0n) is 7.42. The zero-order valence-corrected chi connectivity index (χ0v) is 9.01. The fourth-order valence-corrected chi connectivity index (χ4v) is 1.97. The predicted octanol–water partition coefficient (Wildman–Crippen LogP) is -0.352. The van der Waals surface area contributed by atoms with Gasteiger partial charge in [-0.05, 0) is 22.0 Å². The molecule has 0 fully saturated rings. The van der Waals surface area contributed by atoms with Crippen molar-refractivity contribution < 1.29 is 10.0 Å². The monoisotopic (exact) mass is 265 g/mol. The summed E-state index contributed by atoms with van der Waals surface area (Å²) in [4.78, 5) is 0. The van der Waals surface area contributed by atoms with Gasteiger partial charge in [0.1, 0.15) is 6.07 Å². The lowest BCUT2D eigenvalue weighted by molar-refractivity contribution is 0.425. The smallest absolute Gasteiger partial charge is 0.423 e. The summed E-state index contributed by atoms with van der Waals surface area (Å²) in [6.07, 6.45) is 2.89. The van der Waals surface area contributed by atoms with E-state index >= 15 is 0 Å². The summed E-state index contributed by atoms with van der Waals surface area (Å²) < 4.78 is 2.03. The summed E-state index contributed by atoms with van der Waals surface area (Å²) in [5, 5.41) is 30.7. The molecule has 7 heteroatoms. The molecule has 0 unspecified atom stereocenters. The first kappa shape index (κ1) is 10.2. The van der Waals surface area contributed by atoms with Crippen LogP contribution in [0.25, 0.3) is 5.52 Å². The van der Waals surface area contributed by atoms with E-state index in [1.165, 1.54) is 16.9 Å². The van der Waals surface area contributed by atoms with E-state index in [9.17, 15) is 0 Å². The zero-order chi connectivity index (χ0) is 11.0. The Morgan fingerprint density at radius 3 is 2.87 bits per heavy atom. The van der Waals surface area contributed by atoms with Gasteiger partial charge < -0.3 is 10.0 Å². The standard InChI is InChI=1S/C8H5BBrN3O2/c10-7-1-6(9(14)15)4-13-8(7)5(2-11)3-12-13/h1,3-4,14-15H. The highest BCUT2D eigenvalue weighted by molar-refractivity contribution is 9.10. The molecule has 2 N–H and O–H groups in total. The van der Waals surface area contributed by atoms with Gasteiger partial charge in [0.2, 0.25) is 0 Å². The summed E-state index contributed by atoms with van der Waals surface area (Å²) in [7, 11) is -1.56. The van der Waals surface area contributed by atoms with Gasteiger partial charge in [0.15, 0.2) is 0 Å². The minimum Gasteiger partial charge on any atom is -0.423 e. The van der Waals surface area contributed by atoms with Crippen LogP contribution >= 0.6 is 15.9 Å². The molecule has 2 aromatic heterocycles. The molecule has 2 heterocycles. The largest absolute Gasteiger partial charge is 0.490 e. The fourth-order valence-electron chi connectivity index (χ4n) is 1.31. The molecule has 2 aromatic rings. The van der Waals surface area contributed by atoms with Gasteiger partial charge in [0.05, 0.1) is 17.3 Å². The van der Waals surface area contributed by atoms with Crippen molar-refractivity contribution in [2.75, 3.05) is 0 Å². The Morgan fingerprint density at radius 2 is 2.27 bits per heavy atom. The Morgan fingerprint density at radius 1 is 1.53 bits per heavy atom. The summed E-state index contributed by atoms with van der Waals surface area (Å²) in [6.45, 7) is 0. The molecule has 0 atom stereocenters. The van der Waals surface area contributed by atoms with Gasteiger partial charge in [-0.1, -0.05) is 0 Å².